The zero-order valence-corrected chi connectivity index (χ0v) is 15.4. The molecule has 2 aromatic heterocycles. The first-order valence-electron chi connectivity index (χ1n) is 9.32. The van der Waals surface area contributed by atoms with E-state index in [2.05, 4.69) is 61.7 Å². The molecule has 0 saturated carbocycles. The molecule has 1 aliphatic heterocycles. The second-order valence-electron chi connectivity index (χ2n) is 6.95. The Morgan fingerprint density at radius 3 is 2.70 bits per heavy atom. The molecule has 7 nitrogen and oxygen atoms in total. The van der Waals surface area contributed by atoms with Gasteiger partial charge in [0.15, 0.2) is 0 Å². The highest BCUT2D eigenvalue weighted by Crippen LogP contribution is 2.19. The van der Waals surface area contributed by atoms with Crippen LogP contribution in [0, 0.1) is 0 Å². The van der Waals surface area contributed by atoms with Gasteiger partial charge in [0.25, 0.3) is 0 Å². The molecule has 1 fully saturated rings. The first-order chi connectivity index (χ1) is 13.2. The molecule has 0 amide bonds. The third-order valence-electron chi connectivity index (χ3n) is 4.91. The highest BCUT2D eigenvalue weighted by atomic mass is 16.1. The van der Waals surface area contributed by atoms with E-state index in [4.69, 9.17) is 0 Å². The van der Waals surface area contributed by atoms with Crippen LogP contribution in [0.25, 0.3) is 11.0 Å². The van der Waals surface area contributed by atoms with E-state index in [9.17, 15) is 4.79 Å². The quantitative estimate of drug-likeness (QED) is 0.641. The summed E-state index contributed by atoms with van der Waals surface area (Å²) in [4.78, 5) is 25.4. The van der Waals surface area contributed by atoms with Crippen LogP contribution in [0.2, 0.25) is 0 Å². The molecule has 3 N–H and O–H groups in total. The smallest absolute Gasteiger partial charge is 0.249 e. The first-order valence-corrected chi connectivity index (χ1v) is 9.32. The number of fused-ring (bicyclic) bond motifs is 1. The molecular weight excluding hydrogens is 340 g/mol. The van der Waals surface area contributed by atoms with Crippen molar-refractivity contribution < 1.29 is 0 Å². The summed E-state index contributed by atoms with van der Waals surface area (Å²) in [6, 6.07) is 11.9. The Labute approximate surface area is 157 Å². The van der Waals surface area contributed by atoms with E-state index in [1.165, 1.54) is 17.2 Å². The molecule has 1 aliphatic rings. The topological polar surface area (TPSA) is 85.9 Å². The number of nitrogens with zero attached hydrogens (tertiary/aromatic N) is 3. The van der Waals surface area contributed by atoms with Gasteiger partial charge in [-0.05, 0) is 24.1 Å². The minimum Gasteiger partial charge on any atom is -0.348 e. The lowest BCUT2D eigenvalue weighted by molar-refractivity contribution is 0.233. The molecule has 0 aliphatic carbocycles. The Hall–Kier alpha value is -2.77. The molecule has 0 unspecified atom stereocenters. The molecule has 0 spiro atoms. The lowest BCUT2D eigenvalue weighted by Gasteiger charge is -2.27. The third kappa shape index (κ3) is 4.32. The third-order valence-corrected chi connectivity index (χ3v) is 4.91. The summed E-state index contributed by atoms with van der Waals surface area (Å²) in [7, 11) is 0. The summed E-state index contributed by atoms with van der Waals surface area (Å²) in [5.41, 5.74) is 2.87. The van der Waals surface area contributed by atoms with E-state index < -0.39 is 0 Å². The van der Waals surface area contributed by atoms with E-state index in [0.717, 1.165) is 38.1 Å². The molecule has 4 rings (SSSR count). The van der Waals surface area contributed by atoms with Gasteiger partial charge in [-0.1, -0.05) is 24.3 Å². The average molecular weight is 364 g/mol. The summed E-state index contributed by atoms with van der Waals surface area (Å²) in [5, 5.41) is 7.50. The normalized spacial score (nSPS) is 16.3. The molecular formula is C20H24N6O. The zero-order valence-electron chi connectivity index (χ0n) is 15.4. The molecule has 1 saturated heterocycles. The van der Waals surface area contributed by atoms with Gasteiger partial charge in [-0.15, -0.1) is 0 Å². The fourth-order valence-electron chi connectivity index (χ4n) is 3.32. The predicted molar refractivity (Wildman–Crippen MR) is 107 cm³/mol. The van der Waals surface area contributed by atoms with Gasteiger partial charge < -0.3 is 15.6 Å². The maximum atomic E-state index is 11.5. The van der Waals surface area contributed by atoms with Gasteiger partial charge in [-0.2, -0.15) is 4.98 Å². The summed E-state index contributed by atoms with van der Waals surface area (Å²) in [6.45, 7) is 7.39. The number of H-pyrrole nitrogens is 1. The number of aromatic amines is 1. The fraction of sp³-hybridized carbons (Fsp3) is 0.350. The second-order valence-corrected chi connectivity index (χ2v) is 6.95. The van der Waals surface area contributed by atoms with Crippen molar-refractivity contribution in [3.8, 4) is 0 Å². The number of aromatic nitrogens is 3. The van der Waals surface area contributed by atoms with Gasteiger partial charge in [0.1, 0.15) is 5.65 Å². The Kier molecular flexibility index (Phi) is 5.13. The number of hydrogen-bond donors (Lipinski definition) is 3. The Balaban J connectivity index is 1.43. The lowest BCUT2D eigenvalue weighted by Crippen LogP contribution is -2.42. The van der Waals surface area contributed by atoms with Gasteiger partial charge in [-0.25, -0.2) is 4.98 Å². The van der Waals surface area contributed by atoms with Crippen molar-refractivity contribution in [3.63, 3.8) is 0 Å². The minimum absolute atomic E-state index is 0.0612. The van der Waals surface area contributed by atoms with E-state index in [1.807, 2.05) is 0 Å². The molecule has 3 aromatic rings. The number of hydrogen-bond acceptors (Lipinski definition) is 6. The van der Waals surface area contributed by atoms with Gasteiger partial charge in [-0.3, -0.25) is 9.69 Å². The van der Waals surface area contributed by atoms with Crippen LogP contribution in [0.1, 0.15) is 24.1 Å². The highest BCUT2D eigenvalue weighted by molar-refractivity contribution is 5.74. The van der Waals surface area contributed by atoms with Crippen molar-refractivity contribution in [1.82, 2.24) is 25.2 Å². The van der Waals surface area contributed by atoms with E-state index in [-0.39, 0.29) is 11.6 Å². The lowest BCUT2D eigenvalue weighted by atomic mass is 10.1. The monoisotopic (exact) mass is 364 g/mol. The Morgan fingerprint density at radius 1 is 1.15 bits per heavy atom. The van der Waals surface area contributed by atoms with Crippen molar-refractivity contribution in [2.45, 2.75) is 19.5 Å². The molecule has 0 radical (unpaired) electrons. The van der Waals surface area contributed by atoms with Crippen LogP contribution < -0.4 is 16.2 Å². The number of rotatable bonds is 5. The maximum Gasteiger partial charge on any atom is 0.249 e. The standard InChI is InChI=1S/C20H24N6O/c1-14(23-20-22-12-17-6-7-18(27)24-19(17)25-20)16-4-2-15(3-5-16)13-26-10-8-21-9-11-26/h2-7,12,14,21H,8-11,13H2,1H3,(H2,22,23,24,25,27)/t14-/m0/s1. The molecule has 1 atom stereocenters. The molecule has 1 aromatic carbocycles. The molecule has 7 heteroatoms. The summed E-state index contributed by atoms with van der Waals surface area (Å²) >= 11 is 0. The van der Waals surface area contributed by atoms with Gasteiger partial charge in [0.05, 0.1) is 6.04 Å². The summed E-state index contributed by atoms with van der Waals surface area (Å²) in [6.07, 6.45) is 1.71. The first kappa shape index (κ1) is 17.6. The van der Waals surface area contributed by atoms with Crippen LogP contribution in [0.4, 0.5) is 5.95 Å². The van der Waals surface area contributed by atoms with Crippen LogP contribution in [0.5, 0.6) is 0 Å². The number of piperazine rings is 1. The minimum atomic E-state index is -0.166. The largest absolute Gasteiger partial charge is 0.348 e. The second kappa shape index (κ2) is 7.85. The average Bonchev–Trinajstić information content (AvgIpc) is 2.69. The van der Waals surface area contributed by atoms with Gasteiger partial charge in [0.2, 0.25) is 11.5 Å². The van der Waals surface area contributed by atoms with E-state index in [0.29, 0.717) is 11.6 Å². The van der Waals surface area contributed by atoms with Crippen molar-refractivity contribution in [1.29, 1.82) is 0 Å². The molecule has 0 bridgehead atoms. The molecule has 140 valence electrons. The van der Waals surface area contributed by atoms with Crippen LogP contribution in [-0.2, 0) is 6.54 Å². The van der Waals surface area contributed by atoms with Crippen LogP contribution in [-0.4, -0.2) is 46.0 Å². The summed E-state index contributed by atoms with van der Waals surface area (Å²) in [5.74, 6) is 0.502. The number of benzene rings is 1. The summed E-state index contributed by atoms with van der Waals surface area (Å²) < 4.78 is 0. The highest BCUT2D eigenvalue weighted by Gasteiger charge is 2.11. The van der Waals surface area contributed by atoms with Crippen LogP contribution in [0.15, 0.2) is 47.4 Å². The SMILES string of the molecule is C[C@H](Nc1ncc2ccc(=O)[nH]c2n1)c1ccc(CN2CCNCC2)cc1. The van der Waals surface area contributed by atoms with Crippen LogP contribution >= 0.6 is 0 Å². The van der Waals surface area contributed by atoms with E-state index in [1.54, 1.807) is 12.3 Å². The van der Waals surface area contributed by atoms with Gasteiger partial charge >= 0.3 is 0 Å². The maximum absolute atomic E-state index is 11.5. The van der Waals surface area contributed by atoms with E-state index >= 15 is 0 Å². The zero-order chi connectivity index (χ0) is 18.6. The number of anilines is 1. The van der Waals surface area contributed by atoms with Crippen molar-refractivity contribution in [2.24, 2.45) is 0 Å². The van der Waals surface area contributed by atoms with Crippen molar-refractivity contribution in [2.75, 3.05) is 31.5 Å². The van der Waals surface area contributed by atoms with Crippen molar-refractivity contribution in [3.05, 3.63) is 64.1 Å². The Bertz CT molecular complexity index is 962. The van der Waals surface area contributed by atoms with Crippen LogP contribution in [0.3, 0.4) is 0 Å². The fourth-order valence-corrected chi connectivity index (χ4v) is 3.32. The molecule has 3 heterocycles. The number of nitrogens with one attached hydrogen (secondary N) is 3. The Morgan fingerprint density at radius 2 is 1.93 bits per heavy atom. The molecule has 27 heavy (non-hydrogen) atoms. The predicted octanol–water partition coefficient (Wildman–Crippen LogP) is 1.90. The van der Waals surface area contributed by atoms with Crippen molar-refractivity contribution >= 4 is 17.0 Å². The number of pyridine rings is 1. The van der Waals surface area contributed by atoms with Gasteiger partial charge in [0, 0.05) is 50.4 Å².